The molecule has 4 nitrogen and oxygen atoms in total. The van der Waals surface area contributed by atoms with Crippen molar-refractivity contribution >= 4 is 0 Å². The molecule has 0 aromatic carbocycles. The van der Waals surface area contributed by atoms with Gasteiger partial charge in [0.25, 0.3) is 0 Å². The molecular formula is C20H41NO3. The van der Waals surface area contributed by atoms with Crippen molar-refractivity contribution in [3.8, 4) is 0 Å². The number of rotatable bonds is 12. The second kappa shape index (κ2) is 8.48. The molecule has 144 valence electrons. The van der Waals surface area contributed by atoms with Crippen LogP contribution in [0, 0.1) is 5.41 Å². The highest BCUT2D eigenvalue weighted by atomic mass is 16.6. The number of hydrogen-bond acceptors (Lipinski definition) is 4. The van der Waals surface area contributed by atoms with E-state index in [-0.39, 0.29) is 17.4 Å². The lowest BCUT2D eigenvalue weighted by molar-refractivity contribution is -0.122. The van der Waals surface area contributed by atoms with Crippen molar-refractivity contribution < 1.29 is 14.2 Å². The Morgan fingerprint density at radius 3 is 2.04 bits per heavy atom. The summed E-state index contributed by atoms with van der Waals surface area (Å²) in [6, 6.07) is 0.369. The molecule has 1 fully saturated rings. The third kappa shape index (κ3) is 7.38. The largest absolute Gasteiger partial charge is 0.373 e. The Labute approximate surface area is 150 Å². The SMILES string of the molecule is CCC(C)(C)CCOC1C(COC(C)(C)COC(C)(C)CC)N1C. The minimum Gasteiger partial charge on any atom is -0.373 e. The number of likely N-dealkylation sites (N-methyl/N-ethyl adjacent to an activating group) is 1. The molecule has 0 aromatic rings. The standard InChI is InChI=1S/C20H41NO3/c1-10-18(3,4)12-13-22-17-16(21(17)9)14-23-20(7,8)15-24-19(5,6)11-2/h16-17H,10-15H2,1-9H3. The van der Waals surface area contributed by atoms with Gasteiger partial charge in [0.2, 0.25) is 0 Å². The Hall–Kier alpha value is -0.160. The van der Waals surface area contributed by atoms with E-state index in [0.29, 0.717) is 24.7 Å². The van der Waals surface area contributed by atoms with Crippen LogP contribution in [0.2, 0.25) is 0 Å². The molecule has 1 saturated heterocycles. The summed E-state index contributed by atoms with van der Waals surface area (Å²) < 4.78 is 18.1. The molecule has 0 saturated carbocycles. The van der Waals surface area contributed by atoms with Gasteiger partial charge in [-0.1, -0.05) is 34.1 Å². The summed E-state index contributed by atoms with van der Waals surface area (Å²) in [5.41, 5.74) is 0.00419. The van der Waals surface area contributed by atoms with E-state index in [9.17, 15) is 0 Å². The van der Waals surface area contributed by atoms with E-state index in [1.807, 2.05) is 0 Å². The summed E-state index contributed by atoms with van der Waals surface area (Å²) in [6.45, 7) is 19.6. The van der Waals surface area contributed by atoms with Crippen molar-refractivity contribution in [1.29, 1.82) is 0 Å². The first-order valence-electron chi connectivity index (χ1n) is 9.54. The molecule has 0 aliphatic carbocycles. The quantitative estimate of drug-likeness (QED) is 0.489. The zero-order valence-electron chi connectivity index (χ0n) is 17.6. The van der Waals surface area contributed by atoms with Gasteiger partial charge in [-0.25, -0.2) is 0 Å². The third-order valence-corrected chi connectivity index (χ3v) is 5.50. The van der Waals surface area contributed by atoms with Crippen LogP contribution >= 0.6 is 0 Å². The first-order valence-corrected chi connectivity index (χ1v) is 9.54. The van der Waals surface area contributed by atoms with Crippen molar-refractivity contribution in [2.75, 3.05) is 26.9 Å². The first kappa shape index (κ1) is 21.9. The van der Waals surface area contributed by atoms with Gasteiger partial charge in [-0.2, -0.15) is 0 Å². The van der Waals surface area contributed by atoms with E-state index in [2.05, 4.69) is 67.3 Å². The molecular weight excluding hydrogens is 302 g/mol. The fraction of sp³-hybridized carbons (Fsp3) is 1.00. The van der Waals surface area contributed by atoms with E-state index >= 15 is 0 Å². The smallest absolute Gasteiger partial charge is 0.128 e. The van der Waals surface area contributed by atoms with Gasteiger partial charge in [0.1, 0.15) is 6.23 Å². The van der Waals surface area contributed by atoms with Crippen molar-refractivity contribution in [2.24, 2.45) is 5.41 Å². The van der Waals surface area contributed by atoms with E-state index in [1.165, 1.54) is 6.42 Å². The lowest BCUT2D eigenvalue weighted by atomic mass is 9.87. The average Bonchev–Trinajstić information content (AvgIpc) is 3.12. The lowest BCUT2D eigenvalue weighted by Gasteiger charge is -2.31. The number of hydrogen-bond donors (Lipinski definition) is 0. The highest BCUT2D eigenvalue weighted by molar-refractivity contribution is 4.94. The zero-order valence-corrected chi connectivity index (χ0v) is 17.6. The van der Waals surface area contributed by atoms with Crippen LogP contribution in [-0.4, -0.2) is 55.2 Å². The Morgan fingerprint density at radius 2 is 1.50 bits per heavy atom. The summed E-state index contributed by atoms with van der Waals surface area (Å²) >= 11 is 0. The molecule has 3 unspecified atom stereocenters. The van der Waals surface area contributed by atoms with Crippen LogP contribution in [0.1, 0.15) is 74.7 Å². The van der Waals surface area contributed by atoms with Crippen LogP contribution in [-0.2, 0) is 14.2 Å². The van der Waals surface area contributed by atoms with Gasteiger partial charge in [-0.3, -0.25) is 4.90 Å². The summed E-state index contributed by atoms with van der Waals surface area (Å²) in [7, 11) is 2.10. The molecule has 3 atom stereocenters. The maximum Gasteiger partial charge on any atom is 0.128 e. The summed E-state index contributed by atoms with van der Waals surface area (Å²) in [6.07, 6.45) is 3.50. The molecule has 0 N–H and O–H groups in total. The van der Waals surface area contributed by atoms with E-state index in [1.54, 1.807) is 0 Å². The summed E-state index contributed by atoms with van der Waals surface area (Å²) in [5, 5.41) is 0. The molecule has 4 heteroatoms. The van der Waals surface area contributed by atoms with Crippen LogP contribution < -0.4 is 0 Å². The number of ether oxygens (including phenoxy) is 3. The molecule has 0 bridgehead atoms. The predicted molar refractivity (Wildman–Crippen MR) is 100 cm³/mol. The molecule has 1 rings (SSSR count). The molecule has 24 heavy (non-hydrogen) atoms. The molecule has 0 aromatic heterocycles. The molecule has 0 radical (unpaired) electrons. The molecule has 0 spiro atoms. The predicted octanol–water partition coefficient (Wildman–Crippen LogP) is 4.47. The highest BCUT2D eigenvalue weighted by Crippen LogP contribution is 2.31. The van der Waals surface area contributed by atoms with Crippen molar-refractivity contribution in [3.63, 3.8) is 0 Å². The van der Waals surface area contributed by atoms with Crippen LogP contribution in [0.5, 0.6) is 0 Å². The average molecular weight is 344 g/mol. The minimum absolute atomic E-state index is 0.0886. The normalized spacial score (nSPS) is 25.1. The molecule has 0 amide bonds. The Bertz CT molecular complexity index is 379. The lowest BCUT2D eigenvalue weighted by Crippen LogP contribution is -2.37. The topological polar surface area (TPSA) is 30.7 Å². The van der Waals surface area contributed by atoms with Gasteiger partial charge < -0.3 is 14.2 Å². The van der Waals surface area contributed by atoms with Crippen molar-refractivity contribution in [3.05, 3.63) is 0 Å². The highest BCUT2D eigenvalue weighted by Gasteiger charge is 2.46. The first-order chi connectivity index (χ1) is 10.9. The van der Waals surface area contributed by atoms with E-state index in [4.69, 9.17) is 14.2 Å². The van der Waals surface area contributed by atoms with Gasteiger partial charge in [0.05, 0.1) is 30.5 Å². The third-order valence-electron chi connectivity index (χ3n) is 5.50. The molecule has 1 aliphatic heterocycles. The second-order valence-corrected chi connectivity index (χ2v) is 9.23. The summed E-state index contributed by atoms with van der Waals surface area (Å²) in [4.78, 5) is 2.24. The van der Waals surface area contributed by atoms with Gasteiger partial charge in [-0.05, 0) is 53.0 Å². The fourth-order valence-corrected chi connectivity index (χ4v) is 2.26. The van der Waals surface area contributed by atoms with Crippen LogP contribution in [0.25, 0.3) is 0 Å². The fourth-order valence-electron chi connectivity index (χ4n) is 2.26. The summed E-state index contributed by atoms with van der Waals surface area (Å²) in [5.74, 6) is 0. The Morgan fingerprint density at radius 1 is 0.875 bits per heavy atom. The van der Waals surface area contributed by atoms with Gasteiger partial charge in [0, 0.05) is 6.61 Å². The van der Waals surface area contributed by atoms with Gasteiger partial charge in [-0.15, -0.1) is 0 Å². The van der Waals surface area contributed by atoms with Gasteiger partial charge >= 0.3 is 0 Å². The van der Waals surface area contributed by atoms with Crippen LogP contribution in [0.3, 0.4) is 0 Å². The van der Waals surface area contributed by atoms with Gasteiger partial charge in [0.15, 0.2) is 0 Å². The molecule has 1 heterocycles. The van der Waals surface area contributed by atoms with Crippen LogP contribution in [0.4, 0.5) is 0 Å². The Balaban J connectivity index is 2.27. The second-order valence-electron chi connectivity index (χ2n) is 9.23. The van der Waals surface area contributed by atoms with Crippen molar-refractivity contribution in [1.82, 2.24) is 4.90 Å². The van der Waals surface area contributed by atoms with E-state index in [0.717, 1.165) is 19.4 Å². The Kier molecular flexibility index (Phi) is 7.73. The maximum absolute atomic E-state index is 6.12. The monoisotopic (exact) mass is 343 g/mol. The minimum atomic E-state index is -0.273. The molecule has 1 aliphatic rings. The van der Waals surface area contributed by atoms with Crippen molar-refractivity contribution in [2.45, 2.75) is 98.1 Å². The van der Waals surface area contributed by atoms with Crippen LogP contribution in [0.15, 0.2) is 0 Å². The number of nitrogens with zero attached hydrogens (tertiary/aromatic N) is 1. The zero-order chi connectivity index (χ0) is 18.6. The van der Waals surface area contributed by atoms with E-state index < -0.39 is 0 Å². The maximum atomic E-state index is 6.12.